The van der Waals surface area contributed by atoms with E-state index < -0.39 is 58.6 Å². The van der Waals surface area contributed by atoms with Gasteiger partial charge in [-0.15, -0.1) is 0 Å². The van der Waals surface area contributed by atoms with Gasteiger partial charge < -0.3 is 14.2 Å². The van der Waals surface area contributed by atoms with Gasteiger partial charge in [0.05, 0.1) is 75.4 Å². The third-order valence-electron chi connectivity index (χ3n) is 7.08. The standard InChI is InChI=1S/C15H14ClFN2O3.C12H9ClF4N2O3.C9H8Cl2FNO2/c1-4-22-15(21)10-5-13(12(17)6-11(10)16)19-14(20)9(3)8(2)7-18-19;1-2-22-11(21)6-3-9(8(14)4-7(6)13)19-18-5-10(20)12(15,16)17;1-2-15-9(14)5-3-8(13-11)7(12)4-6(5)10/h5-7H,4H2,1-3H3;3-5,19H,2H2,1H3;3-4,13H,2H2,1H3/b;18-5-;. The van der Waals surface area contributed by atoms with Crippen LogP contribution < -0.4 is 15.8 Å². The number of hydrogen-bond acceptors (Lipinski definition) is 12. The molecule has 0 aliphatic heterocycles. The minimum absolute atomic E-state index is 0.0124. The second kappa shape index (κ2) is 22.7. The number of hydrogen-bond donors (Lipinski definition) is 2. The fraction of sp³-hybridized carbons (Fsp3) is 0.250. The van der Waals surface area contributed by atoms with Gasteiger partial charge in [-0.25, -0.2) is 27.6 Å². The lowest BCUT2D eigenvalue weighted by atomic mass is 10.1. The summed E-state index contributed by atoms with van der Waals surface area (Å²) < 4.78 is 91.8. The van der Waals surface area contributed by atoms with Crippen LogP contribution in [0.15, 0.2) is 52.5 Å². The predicted octanol–water partition coefficient (Wildman–Crippen LogP) is 9.22. The Balaban J connectivity index is 0.000000311. The Morgan fingerprint density at radius 1 is 0.746 bits per heavy atom. The van der Waals surface area contributed by atoms with Gasteiger partial charge >= 0.3 is 24.1 Å². The lowest BCUT2D eigenvalue weighted by Gasteiger charge is -2.11. The Kier molecular flexibility index (Phi) is 19.1. The zero-order valence-corrected chi connectivity index (χ0v) is 34.2. The predicted molar refractivity (Wildman–Crippen MR) is 208 cm³/mol. The number of nitrogens with zero attached hydrogens (tertiary/aromatic N) is 3. The van der Waals surface area contributed by atoms with Gasteiger partial charge in [-0.3, -0.25) is 19.9 Å². The van der Waals surface area contributed by atoms with Crippen molar-refractivity contribution < 1.29 is 59.7 Å². The van der Waals surface area contributed by atoms with Gasteiger partial charge in [0.25, 0.3) is 11.3 Å². The summed E-state index contributed by atoms with van der Waals surface area (Å²) in [6, 6.07) is 5.99. The number of anilines is 2. The number of carbonyl (C=O) groups excluding carboxylic acids is 4. The fourth-order valence-corrected chi connectivity index (χ4v) is 4.91. The molecular weight excluding hydrogens is 886 g/mol. The fourth-order valence-electron chi connectivity index (χ4n) is 4.08. The highest BCUT2D eigenvalue weighted by atomic mass is 35.5. The molecule has 4 aromatic rings. The zero-order valence-electron chi connectivity index (χ0n) is 31.1. The molecule has 2 N–H and O–H groups in total. The molecule has 0 radical (unpaired) electrons. The summed E-state index contributed by atoms with van der Waals surface area (Å²) in [6.45, 7) is 8.63. The van der Waals surface area contributed by atoms with Gasteiger partial charge in [0.15, 0.2) is 5.82 Å². The van der Waals surface area contributed by atoms with Crippen molar-refractivity contribution in [3.8, 4) is 5.69 Å². The number of aromatic nitrogens is 2. The number of ether oxygens (including phenoxy) is 3. The van der Waals surface area contributed by atoms with Crippen molar-refractivity contribution in [2.45, 2.75) is 40.8 Å². The lowest BCUT2D eigenvalue weighted by Crippen LogP contribution is -2.25. The van der Waals surface area contributed by atoms with Crippen LogP contribution in [-0.4, -0.2) is 65.7 Å². The number of alkyl halides is 3. The molecule has 4 rings (SSSR count). The average Bonchev–Trinajstić information content (AvgIpc) is 3.15. The number of benzene rings is 3. The van der Waals surface area contributed by atoms with Crippen molar-refractivity contribution in [1.29, 1.82) is 0 Å². The molecule has 3 aromatic carbocycles. The van der Waals surface area contributed by atoms with Crippen LogP contribution in [0.5, 0.6) is 0 Å². The smallest absolute Gasteiger partial charge is 0.455 e. The number of rotatable bonds is 11. The van der Waals surface area contributed by atoms with E-state index in [0.29, 0.717) is 11.1 Å². The third kappa shape index (κ3) is 13.9. The molecular formula is C36H31Cl4F6N5O8. The number of aryl methyl sites for hydroxylation is 1. The van der Waals surface area contributed by atoms with E-state index in [4.69, 9.17) is 56.1 Å². The van der Waals surface area contributed by atoms with Gasteiger partial charge in [0.2, 0.25) is 0 Å². The van der Waals surface area contributed by atoms with Crippen LogP contribution in [0.3, 0.4) is 0 Å². The Hall–Kier alpha value is -5.37. The van der Waals surface area contributed by atoms with E-state index in [1.165, 1.54) is 18.3 Å². The summed E-state index contributed by atoms with van der Waals surface area (Å²) in [5.41, 5.74) is 1.79. The number of halogens is 10. The van der Waals surface area contributed by atoms with E-state index >= 15 is 0 Å². The molecule has 0 unspecified atom stereocenters. The van der Waals surface area contributed by atoms with Crippen molar-refractivity contribution in [1.82, 2.24) is 9.78 Å². The number of ketones is 1. The van der Waals surface area contributed by atoms with Gasteiger partial charge in [-0.2, -0.15) is 28.1 Å². The number of Topliss-reactive ketones (excluding diaryl/α,β-unsaturated/α-hetero) is 1. The maximum Gasteiger partial charge on any atom is 0.455 e. The molecule has 0 aliphatic rings. The summed E-state index contributed by atoms with van der Waals surface area (Å²) in [7, 11) is 0. The van der Waals surface area contributed by atoms with Gasteiger partial charge in [0.1, 0.15) is 17.3 Å². The van der Waals surface area contributed by atoms with E-state index in [2.05, 4.69) is 19.8 Å². The topological polar surface area (TPSA) is 167 Å². The molecule has 0 spiro atoms. The Labute approximate surface area is 351 Å². The normalized spacial score (nSPS) is 10.8. The third-order valence-corrected chi connectivity index (χ3v) is 8.23. The first kappa shape index (κ1) is 49.8. The molecule has 0 amide bonds. The summed E-state index contributed by atoms with van der Waals surface area (Å²) in [6.07, 6.45) is -3.69. The molecule has 0 saturated carbocycles. The molecule has 0 aliphatic carbocycles. The summed E-state index contributed by atoms with van der Waals surface area (Å²) in [5.74, 6) is -6.74. The Morgan fingerprint density at radius 2 is 1.17 bits per heavy atom. The minimum Gasteiger partial charge on any atom is -0.462 e. The van der Waals surface area contributed by atoms with Gasteiger partial charge in [-0.05, 0) is 76.6 Å². The number of nitrogens with one attached hydrogen (secondary N) is 2. The van der Waals surface area contributed by atoms with Crippen molar-refractivity contribution in [2.24, 2.45) is 5.10 Å². The second-order valence-corrected chi connectivity index (χ2v) is 12.5. The van der Waals surface area contributed by atoms with Gasteiger partial charge in [-0.1, -0.05) is 34.8 Å². The zero-order chi connectivity index (χ0) is 44.8. The molecule has 59 heavy (non-hydrogen) atoms. The molecule has 0 saturated heterocycles. The first-order valence-corrected chi connectivity index (χ1v) is 18.0. The summed E-state index contributed by atoms with van der Waals surface area (Å²) in [4.78, 5) is 59.6. The Morgan fingerprint density at radius 3 is 1.61 bits per heavy atom. The summed E-state index contributed by atoms with van der Waals surface area (Å²) >= 11 is 22.5. The maximum absolute atomic E-state index is 14.1. The lowest BCUT2D eigenvalue weighted by molar-refractivity contribution is -0.162. The van der Waals surface area contributed by atoms with Crippen LogP contribution in [-0.2, 0) is 19.0 Å². The largest absolute Gasteiger partial charge is 0.462 e. The van der Waals surface area contributed by atoms with Crippen LogP contribution in [0.2, 0.25) is 15.1 Å². The van der Waals surface area contributed by atoms with E-state index in [9.17, 15) is 50.3 Å². The van der Waals surface area contributed by atoms with E-state index in [1.54, 1.807) is 34.6 Å². The molecule has 13 nitrogen and oxygen atoms in total. The number of hydrazone groups is 1. The minimum atomic E-state index is -5.08. The van der Waals surface area contributed by atoms with Crippen LogP contribution in [0, 0.1) is 31.3 Å². The second-order valence-electron chi connectivity index (χ2n) is 11.1. The van der Waals surface area contributed by atoms with Crippen molar-refractivity contribution in [3.05, 3.63) is 113 Å². The SMILES string of the molecule is CCOC(=O)c1cc(-n2ncc(C)c(C)c2=O)c(F)cc1Cl.CCOC(=O)c1cc(N/N=C\C(=O)C(F)(F)F)c(F)cc1Cl.CCOC(=O)c1cc(NCl)c(F)cc1Cl. The van der Waals surface area contributed by atoms with Crippen molar-refractivity contribution in [3.63, 3.8) is 0 Å². The number of carbonyl (C=O) groups is 4. The quantitative estimate of drug-likeness (QED) is 0.0368. The van der Waals surface area contributed by atoms with Gasteiger partial charge in [0, 0.05) is 17.3 Å². The van der Waals surface area contributed by atoms with E-state index in [0.717, 1.165) is 28.9 Å². The monoisotopic (exact) mass is 915 g/mol. The van der Waals surface area contributed by atoms with Crippen LogP contribution in [0.4, 0.5) is 37.7 Å². The number of esters is 3. The van der Waals surface area contributed by atoms with E-state index in [-0.39, 0.29) is 69.2 Å². The van der Waals surface area contributed by atoms with Crippen molar-refractivity contribution >= 4 is 87.9 Å². The molecule has 318 valence electrons. The Bertz CT molecular complexity index is 2290. The molecule has 1 aromatic heterocycles. The maximum atomic E-state index is 14.1. The van der Waals surface area contributed by atoms with E-state index in [1.807, 2.05) is 5.43 Å². The first-order chi connectivity index (χ1) is 27.6. The molecule has 0 atom stereocenters. The highest BCUT2D eigenvalue weighted by molar-refractivity contribution is 6.35. The molecule has 1 heterocycles. The summed E-state index contributed by atoms with van der Waals surface area (Å²) in [5, 5.41) is 6.54. The van der Waals surface area contributed by atoms with Crippen molar-refractivity contribution in [2.75, 3.05) is 30.1 Å². The van der Waals surface area contributed by atoms with Crippen LogP contribution in [0.25, 0.3) is 5.69 Å². The highest BCUT2D eigenvalue weighted by Gasteiger charge is 2.37. The molecule has 0 bridgehead atoms. The van der Waals surface area contributed by atoms with Crippen LogP contribution in [0.1, 0.15) is 63.0 Å². The highest BCUT2D eigenvalue weighted by Crippen LogP contribution is 2.27. The first-order valence-electron chi connectivity index (χ1n) is 16.4. The average molecular weight is 917 g/mol. The van der Waals surface area contributed by atoms with Crippen LogP contribution >= 0.6 is 46.6 Å². The molecule has 0 fully saturated rings. The molecule has 23 heteroatoms.